The SMILES string of the molecule is O.O.[Ru].[SiH4].[Ti].[Ti]. The van der Waals surface area contributed by atoms with Crippen LogP contribution in [0.15, 0.2) is 0 Å². The van der Waals surface area contributed by atoms with Crippen molar-refractivity contribution in [2.24, 2.45) is 0 Å². The summed E-state index contributed by atoms with van der Waals surface area (Å²) in [6, 6.07) is 0. The zero-order valence-corrected chi connectivity index (χ0v) is 7.21. The minimum atomic E-state index is 0. The van der Waals surface area contributed by atoms with Crippen LogP contribution >= 0.6 is 0 Å². The summed E-state index contributed by atoms with van der Waals surface area (Å²) in [5, 5.41) is 0. The van der Waals surface area contributed by atoms with Crippen LogP contribution < -0.4 is 0 Å². The Bertz CT molecular complexity index is 11.5. The molecule has 0 radical (unpaired) electrons. The van der Waals surface area contributed by atoms with E-state index in [0.717, 1.165) is 0 Å². The summed E-state index contributed by atoms with van der Waals surface area (Å²) in [7, 11) is 0. The minimum absolute atomic E-state index is 0. The third-order valence-electron chi connectivity index (χ3n) is 0. The summed E-state index contributed by atoms with van der Waals surface area (Å²) >= 11 is 0. The molecule has 0 aliphatic rings. The zero-order valence-electron chi connectivity index (χ0n) is 2.35. The predicted molar refractivity (Wildman–Crippen MR) is 18.6 cm³/mol. The number of hydrogen-bond donors (Lipinski definition) is 0. The molecule has 0 aromatic rings. The Kier molecular flexibility index (Phi) is 846. The maximum atomic E-state index is 0. The van der Waals surface area contributed by atoms with Gasteiger partial charge in [-0.1, -0.05) is 0 Å². The van der Waals surface area contributed by atoms with Gasteiger partial charge in [-0.15, -0.1) is 0 Å². The quantitative estimate of drug-likeness (QED) is 0.416. The summed E-state index contributed by atoms with van der Waals surface area (Å²) in [5.41, 5.74) is 0. The van der Waals surface area contributed by atoms with Crippen molar-refractivity contribution in [2.75, 3.05) is 0 Å². The standard InChI is InChI=1S/2H2O.Ru.H4Si.2Ti/h2*1H2;;1H4;;. The maximum absolute atomic E-state index is 0. The first-order valence-electron chi connectivity index (χ1n) is 0. The number of hydrogen-bond acceptors (Lipinski definition) is 0. The molecule has 0 rings (SSSR count). The van der Waals surface area contributed by atoms with Crippen LogP contribution in [0.1, 0.15) is 0 Å². The van der Waals surface area contributed by atoms with Crippen molar-refractivity contribution in [3.8, 4) is 0 Å². The zero-order chi connectivity index (χ0) is 0. The first kappa shape index (κ1) is 88.3. The van der Waals surface area contributed by atoms with Crippen LogP contribution in [0, 0.1) is 0 Å². The Morgan fingerprint density at radius 2 is 0.667 bits per heavy atom. The Morgan fingerprint density at radius 1 is 0.667 bits per heavy atom. The topological polar surface area (TPSA) is 63.0 Å². The van der Waals surface area contributed by atoms with Gasteiger partial charge in [-0.25, -0.2) is 0 Å². The molecule has 0 atom stereocenters. The molecule has 0 heterocycles. The van der Waals surface area contributed by atoms with Gasteiger partial charge >= 0.3 is 0 Å². The van der Waals surface area contributed by atoms with Crippen molar-refractivity contribution in [2.45, 2.75) is 0 Å². The van der Waals surface area contributed by atoms with Crippen molar-refractivity contribution < 1.29 is 73.9 Å². The fourth-order valence-corrected chi connectivity index (χ4v) is 0. The molecule has 0 saturated carbocycles. The molecule has 0 aromatic carbocycles. The Balaban J connectivity index is 0. The molecular formula is H8O2RuSiTi2. The van der Waals surface area contributed by atoms with Gasteiger partial charge in [-0.2, -0.15) is 0 Å². The van der Waals surface area contributed by atoms with Crippen LogP contribution in [-0.4, -0.2) is 21.9 Å². The molecule has 6 heteroatoms. The molecule has 0 saturated heterocycles. The first-order valence-corrected chi connectivity index (χ1v) is 0. The second-order valence-electron chi connectivity index (χ2n) is 0. The van der Waals surface area contributed by atoms with Crippen LogP contribution in [0.3, 0.4) is 0 Å². The van der Waals surface area contributed by atoms with Crippen molar-refractivity contribution in [3.63, 3.8) is 0 Å². The van der Waals surface area contributed by atoms with Gasteiger partial charge in [0.2, 0.25) is 0 Å². The Hall–Kier alpha value is 2.19. The van der Waals surface area contributed by atoms with Crippen molar-refractivity contribution in [3.05, 3.63) is 0 Å². The molecule has 6 heavy (non-hydrogen) atoms. The van der Waals surface area contributed by atoms with E-state index in [9.17, 15) is 0 Å². The van der Waals surface area contributed by atoms with Crippen LogP contribution in [-0.2, 0) is 62.9 Å². The monoisotopic (exact) mass is 266 g/mol. The molecular weight excluding hydrogens is 257 g/mol. The van der Waals surface area contributed by atoms with E-state index in [4.69, 9.17) is 0 Å². The van der Waals surface area contributed by atoms with Crippen molar-refractivity contribution in [1.29, 1.82) is 0 Å². The number of rotatable bonds is 0. The third-order valence-corrected chi connectivity index (χ3v) is 0. The van der Waals surface area contributed by atoms with E-state index in [-0.39, 0.29) is 84.8 Å². The van der Waals surface area contributed by atoms with E-state index < -0.39 is 0 Å². The van der Waals surface area contributed by atoms with Crippen molar-refractivity contribution >= 4 is 11.0 Å². The maximum Gasteiger partial charge on any atom is 0 e. The molecule has 40 valence electrons. The van der Waals surface area contributed by atoms with Crippen molar-refractivity contribution in [1.82, 2.24) is 0 Å². The molecule has 0 aliphatic heterocycles. The molecule has 4 N–H and O–H groups in total. The van der Waals surface area contributed by atoms with Crippen LogP contribution in [0.5, 0.6) is 0 Å². The summed E-state index contributed by atoms with van der Waals surface area (Å²) in [6.07, 6.45) is 0. The van der Waals surface area contributed by atoms with Crippen LogP contribution in [0.4, 0.5) is 0 Å². The van der Waals surface area contributed by atoms with Gasteiger partial charge < -0.3 is 11.0 Å². The normalized spacial score (nSPS) is 0. The molecule has 0 unspecified atom stereocenters. The average molecular weight is 265 g/mol. The Morgan fingerprint density at radius 3 is 0.667 bits per heavy atom. The van der Waals surface area contributed by atoms with Crippen LogP contribution in [0.25, 0.3) is 0 Å². The van der Waals surface area contributed by atoms with E-state index in [2.05, 4.69) is 0 Å². The molecule has 0 spiro atoms. The summed E-state index contributed by atoms with van der Waals surface area (Å²) < 4.78 is 0. The second-order valence-corrected chi connectivity index (χ2v) is 0. The summed E-state index contributed by atoms with van der Waals surface area (Å²) in [6.45, 7) is 0. The van der Waals surface area contributed by atoms with Gasteiger partial charge in [0.1, 0.15) is 0 Å². The smallest absolute Gasteiger partial charge is 0 e. The van der Waals surface area contributed by atoms with Gasteiger partial charge in [0, 0.05) is 62.9 Å². The fourth-order valence-electron chi connectivity index (χ4n) is 0. The van der Waals surface area contributed by atoms with Gasteiger partial charge in [0.05, 0.1) is 0 Å². The van der Waals surface area contributed by atoms with E-state index >= 15 is 0 Å². The van der Waals surface area contributed by atoms with E-state index in [1.54, 1.807) is 0 Å². The molecule has 0 fully saturated rings. The van der Waals surface area contributed by atoms with Gasteiger partial charge in [0.15, 0.2) is 0 Å². The molecule has 2 nitrogen and oxygen atoms in total. The predicted octanol–water partition coefficient (Wildman–Crippen LogP) is -3.11. The molecule has 0 bridgehead atoms. The average Bonchev–Trinajstić information content (AvgIpc) is 0. The van der Waals surface area contributed by atoms with Gasteiger partial charge in [-0.05, 0) is 11.0 Å². The summed E-state index contributed by atoms with van der Waals surface area (Å²) in [4.78, 5) is 0. The van der Waals surface area contributed by atoms with E-state index in [0.29, 0.717) is 0 Å². The van der Waals surface area contributed by atoms with E-state index in [1.165, 1.54) is 0 Å². The second kappa shape index (κ2) is 57.5. The molecule has 0 aromatic heterocycles. The summed E-state index contributed by atoms with van der Waals surface area (Å²) in [5.74, 6) is 0. The van der Waals surface area contributed by atoms with Gasteiger partial charge in [0.25, 0.3) is 0 Å². The largest absolute Gasteiger partial charge is 0.412 e. The van der Waals surface area contributed by atoms with E-state index in [1.807, 2.05) is 0 Å². The Labute approximate surface area is 84.0 Å². The minimum Gasteiger partial charge on any atom is -0.412 e. The third kappa shape index (κ3) is 34.8. The fraction of sp³-hybridized carbons (Fsp3) is 0. The van der Waals surface area contributed by atoms with Crippen LogP contribution in [0.2, 0.25) is 0 Å². The molecule has 0 aliphatic carbocycles. The molecule has 0 amide bonds. The van der Waals surface area contributed by atoms with Gasteiger partial charge in [-0.3, -0.25) is 0 Å². The first-order chi connectivity index (χ1) is 0.